The smallest absolute Gasteiger partial charge is 0.311 e. The van der Waals surface area contributed by atoms with Gasteiger partial charge < -0.3 is 9.80 Å². The fourth-order valence-electron chi connectivity index (χ4n) is 5.96. The maximum Gasteiger partial charge on any atom is 0.411 e. The lowest BCUT2D eigenvalue weighted by Gasteiger charge is -2.39. The van der Waals surface area contributed by atoms with E-state index < -0.39 is 28.9 Å². The third-order valence-electron chi connectivity index (χ3n) is 8.31. The molecular weight excluding hydrogens is 930 g/mol. The van der Waals surface area contributed by atoms with Gasteiger partial charge in [-0.2, -0.15) is 26.3 Å². The number of nitrogens with zero attached hydrogens (tertiary/aromatic N) is 2. The summed E-state index contributed by atoms with van der Waals surface area (Å²) >= 11 is 13.6. The van der Waals surface area contributed by atoms with Crippen LogP contribution in [0.1, 0.15) is 11.1 Å². The summed E-state index contributed by atoms with van der Waals surface area (Å²) in [6, 6.07) is 37.5. The van der Waals surface area contributed by atoms with E-state index >= 15 is 26.3 Å². The molecule has 6 aromatic rings. The third kappa shape index (κ3) is 7.51. The van der Waals surface area contributed by atoms with Crippen molar-refractivity contribution in [1.82, 2.24) is 0 Å². The fourth-order valence-corrected chi connectivity index (χ4v) is 7.02. The number of rotatable bonds is 8. The van der Waals surface area contributed by atoms with E-state index in [1.807, 2.05) is 0 Å². The van der Waals surface area contributed by atoms with Gasteiger partial charge in [0.25, 0.3) is 0 Å². The molecule has 6 aromatic carbocycles. The molecule has 260 valence electrons. The van der Waals surface area contributed by atoms with E-state index in [2.05, 4.69) is 63.7 Å². The summed E-state index contributed by atoms with van der Waals surface area (Å²) in [7, 11) is 0. The second kappa shape index (κ2) is 14.8. The highest BCUT2D eigenvalue weighted by molar-refractivity contribution is 9.11. The first kappa shape index (κ1) is 37.2. The molecule has 6 rings (SSSR count). The van der Waals surface area contributed by atoms with Crippen molar-refractivity contribution in [3.05, 3.63) is 175 Å². The molecular formula is C39H24Br4F6N2. The molecule has 0 saturated heterocycles. The Labute approximate surface area is 324 Å². The predicted molar refractivity (Wildman–Crippen MR) is 206 cm³/mol. The number of benzene rings is 6. The number of hydrogen-bond acceptors (Lipinski definition) is 2. The molecule has 0 aliphatic carbocycles. The van der Waals surface area contributed by atoms with Crippen LogP contribution in [0.3, 0.4) is 0 Å². The molecule has 51 heavy (non-hydrogen) atoms. The Hall–Kier alpha value is -3.58. The van der Waals surface area contributed by atoms with Crippen molar-refractivity contribution in [1.29, 1.82) is 0 Å². The van der Waals surface area contributed by atoms with Crippen molar-refractivity contribution < 1.29 is 26.3 Å². The van der Waals surface area contributed by atoms with Gasteiger partial charge in [0, 0.05) is 52.0 Å². The summed E-state index contributed by atoms with van der Waals surface area (Å²) in [4.78, 5) is 3.50. The molecule has 0 fully saturated rings. The highest BCUT2D eigenvalue weighted by Crippen LogP contribution is 2.57. The van der Waals surface area contributed by atoms with Gasteiger partial charge in [0.1, 0.15) is 0 Å². The molecule has 0 bridgehead atoms. The summed E-state index contributed by atoms with van der Waals surface area (Å²) in [5, 5.41) is 0. The molecule has 12 heteroatoms. The molecule has 0 radical (unpaired) electrons. The molecule has 0 spiro atoms. The van der Waals surface area contributed by atoms with E-state index in [9.17, 15) is 0 Å². The maximum absolute atomic E-state index is 15.2. The van der Waals surface area contributed by atoms with Gasteiger partial charge in [0.05, 0.1) is 0 Å². The van der Waals surface area contributed by atoms with E-state index in [-0.39, 0.29) is 0 Å². The highest BCUT2D eigenvalue weighted by Gasteiger charge is 2.72. The normalized spacial score (nSPS) is 12.1. The van der Waals surface area contributed by atoms with Crippen LogP contribution in [0, 0.1) is 0 Å². The van der Waals surface area contributed by atoms with Gasteiger partial charge in [-0.25, -0.2) is 0 Å². The topological polar surface area (TPSA) is 6.48 Å². The Morgan fingerprint density at radius 2 is 0.471 bits per heavy atom. The Bertz CT molecular complexity index is 1840. The molecule has 0 saturated carbocycles. The monoisotopic (exact) mass is 950 g/mol. The zero-order chi connectivity index (χ0) is 36.6. The van der Waals surface area contributed by atoms with Crippen LogP contribution in [0.15, 0.2) is 163 Å². The number of halogens is 10. The first-order valence-corrected chi connectivity index (χ1v) is 18.3. The molecule has 0 aliphatic heterocycles. The number of anilines is 6. The molecule has 0 amide bonds. The van der Waals surface area contributed by atoms with E-state index in [4.69, 9.17) is 0 Å². The summed E-state index contributed by atoms with van der Waals surface area (Å²) in [6.45, 7) is 0. The van der Waals surface area contributed by atoms with Crippen molar-refractivity contribution in [3.8, 4) is 0 Å². The van der Waals surface area contributed by atoms with Crippen molar-refractivity contribution in [3.63, 3.8) is 0 Å². The van der Waals surface area contributed by atoms with E-state index in [1.165, 1.54) is 24.3 Å². The molecule has 0 aliphatic rings. The standard InChI is InChI=1S/C39H24Br4F6N2/c40-27-5-17-33(18-6-27)50(34-19-7-28(41)8-20-34)31-13-1-25(2-14-31)37(38(44,45)46,39(47,48)49)26-3-15-32(16-4-26)51(35-21-9-29(42)10-22-35)36-23-11-30(43)12-24-36/h1-24H. The minimum atomic E-state index is -5.75. The second-order valence-electron chi connectivity index (χ2n) is 11.4. The van der Waals surface area contributed by atoms with E-state index in [1.54, 1.807) is 107 Å². The average Bonchev–Trinajstić information content (AvgIpc) is 3.09. The van der Waals surface area contributed by atoms with Crippen molar-refractivity contribution in [2.24, 2.45) is 0 Å². The number of alkyl halides is 6. The van der Waals surface area contributed by atoms with Crippen molar-refractivity contribution in [2.45, 2.75) is 17.8 Å². The first-order chi connectivity index (χ1) is 24.2. The van der Waals surface area contributed by atoms with Crippen LogP contribution in [0.2, 0.25) is 0 Å². The second-order valence-corrected chi connectivity index (χ2v) is 15.1. The van der Waals surface area contributed by atoms with Crippen LogP contribution in [0.25, 0.3) is 0 Å². The summed E-state index contributed by atoms with van der Waals surface area (Å²) in [5.41, 5.74) is -2.87. The largest absolute Gasteiger partial charge is 0.411 e. The Kier molecular flexibility index (Phi) is 10.8. The summed E-state index contributed by atoms with van der Waals surface area (Å²) < 4.78 is 94.5. The van der Waals surface area contributed by atoms with Crippen LogP contribution in [-0.2, 0) is 5.41 Å². The van der Waals surface area contributed by atoms with Crippen LogP contribution >= 0.6 is 63.7 Å². The quantitative estimate of drug-likeness (QED) is 0.140. The van der Waals surface area contributed by atoms with E-state index in [0.29, 0.717) is 34.1 Å². The zero-order valence-corrected chi connectivity index (χ0v) is 32.4. The van der Waals surface area contributed by atoms with Gasteiger partial charge in [-0.05, 0) is 132 Å². The Morgan fingerprint density at radius 3 is 0.647 bits per heavy atom. The molecule has 0 unspecified atom stereocenters. The summed E-state index contributed by atoms with van der Waals surface area (Å²) in [5.74, 6) is 0. The molecule has 2 nitrogen and oxygen atoms in total. The van der Waals surface area contributed by atoms with E-state index in [0.717, 1.165) is 42.2 Å². The third-order valence-corrected chi connectivity index (χ3v) is 10.4. The lowest BCUT2D eigenvalue weighted by Crippen LogP contribution is -2.54. The van der Waals surface area contributed by atoms with Gasteiger partial charge >= 0.3 is 12.4 Å². The van der Waals surface area contributed by atoms with Gasteiger partial charge in [-0.3, -0.25) is 0 Å². The van der Waals surface area contributed by atoms with Gasteiger partial charge in [-0.1, -0.05) is 88.0 Å². The van der Waals surface area contributed by atoms with Crippen molar-refractivity contribution in [2.75, 3.05) is 9.80 Å². The first-order valence-electron chi connectivity index (χ1n) is 15.2. The summed E-state index contributed by atoms with van der Waals surface area (Å²) in [6.07, 6.45) is -11.5. The van der Waals surface area contributed by atoms with Crippen LogP contribution in [0.5, 0.6) is 0 Å². The van der Waals surface area contributed by atoms with Gasteiger partial charge in [0.2, 0.25) is 5.41 Å². The zero-order valence-electron chi connectivity index (χ0n) is 26.0. The molecule has 0 atom stereocenters. The van der Waals surface area contributed by atoms with Crippen LogP contribution in [-0.4, -0.2) is 12.4 Å². The van der Waals surface area contributed by atoms with Gasteiger partial charge in [-0.15, -0.1) is 0 Å². The number of hydrogen-bond donors (Lipinski definition) is 0. The average molecular weight is 954 g/mol. The van der Waals surface area contributed by atoms with Crippen LogP contribution in [0.4, 0.5) is 60.5 Å². The SMILES string of the molecule is FC(F)(F)C(c1ccc(N(c2ccc(Br)cc2)c2ccc(Br)cc2)cc1)(c1ccc(N(c2ccc(Br)cc2)c2ccc(Br)cc2)cc1)C(F)(F)F. The molecule has 0 aromatic heterocycles. The highest BCUT2D eigenvalue weighted by atomic mass is 79.9. The Balaban J connectivity index is 1.47. The molecule has 0 N–H and O–H groups in total. The minimum Gasteiger partial charge on any atom is -0.311 e. The maximum atomic E-state index is 15.2. The van der Waals surface area contributed by atoms with Crippen molar-refractivity contribution >= 4 is 97.8 Å². The lowest BCUT2D eigenvalue weighted by molar-refractivity contribution is -0.288. The fraction of sp³-hybridized carbons (Fsp3) is 0.0769. The van der Waals surface area contributed by atoms with Gasteiger partial charge in [0.15, 0.2) is 0 Å². The Morgan fingerprint density at radius 1 is 0.294 bits per heavy atom. The minimum absolute atomic E-state index is 0.372. The molecule has 0 heterocycles. The van der Waals surface area contributed by atoms with Crippen LogP contribution < -0.4 is 9.80 Å². The predicted octanol–water partition coefficient (Wildman–Crippen LogP) is 15.1. The lowest BCUT2D eigenvalue weighted by atomic mass is 9.72.